The maximum Gasteiger partial charge on any atom is 0.268 e. The molecule has 0 aliphatic carbocycles. The Hall–Kier alpha value is -3.07. The van der Waals surface area contributed by atoms with Gasteiger partial charge in [0, 0.05) is 35.4 Å². The summed E-state index contributed by atoms with van der Waals surface area (Å²) in [5.74, 6) is 0.349. The average Bonchev–Trinajstić information content (AvgIpc) is 3.52. The Morgan fingerprint density at radius 2 is 1.83 bits per heavy atom. The first kappa shape index (κ1) is 30.9. The molecule has 4 aromatic rings. The standard InChI is InChI=1S/C32H43ClN4O3Si/c1-32(2,3)41(5,6)40-21-26(37-20-29(31(34)38)35-22-37)14-11-24-19-36(4)30-16-15-27(18-28(24)30)39-17-7-8-23-9-12-25(33)13-10-23/h9-10,12-13,15-16,18-20,22,26H,7-8,11,14,17,21H2,1-6H3,(H2,34,38). The molecule has 0 aliphatic heterocycles. The lowest BCUT2D eigenvalue weighted by Crippen LogP contribution is -2.42. The van der Waals surface area contributed by atoms with Gasteiger partial charge in [0.15, 0.2) is 8.32 Å². The molecular weight excluding hydrogens is 552 g/mol. The molecule has 41 heavy (non-hydrogen) atoms. The van der Waals surface area contributed by atoms with Crippen molar-refractivity contribution < 1.29 is 14.0 Å². The predicted molar refractivity (Wildman–Crippen MR) is 169 cm³/mol. The van der Waals surface area contributed by atoms with Crippen LogP contribution in [0.25, 0.3) is 10.9 Å². The third-order valence-electron chi connectivity index (χ3n) is 8.30. The second-order valence-corrected chi connectivity index (χ2v) is 17.6. The van der Waals surface area contributed by atoms with Gasteiger partial charge in [-0.25, -0.2) is 4.98 Å². The summed E-state index contributed by atoms with van der Waals surface area (Å²) in [6.07, 6.45) is 9.17. The lowest BCUT2D eigenvalue weighted by molar-refractivity contribution is 0.0995. The number of hydrogen-bond acceptors (Lipinski definition) is 4. The van der Waals surface area contributed by atoms with Gasteiger partial charge in [-0.15, -0.1) is 0 Å². The largest absolute Gasteiger partial charge is 0.494 e. The Balaban J connectivity index is 1.46. The number of amides is 1. The number of carbonyl (C=O) groups excluding carboxylic acids is 1. The van der Waals surface area contributed by atoms with E-state index in [0.717, 1.165) is 36.5 Å². The monoisotopic (exact) mass is 594 g/mol. The van der Waals surface area contributed by atoms with Crippen LogP contribution in [0.5, 0.6) is 5.75 Å². The predicted octanol–water partition coefficient (Wildman–Crippen LogP) is 7.33. The smallest absolute Gasteiger partial charge is 0.268 e. The van der Waals surface area contributed by atoms with E-state index in [1.165, 1.54) is 22.0 Å². The molecule has 1 unspecified atom stereocenters. The highest BCUT2D eigenvalue weighted by Crippen LogP contribution is 2.37. The Morgan fingerprint density at radius 3 is 2.49 bits per heavy atom. The highest BCUT2D eigenvalue weighted by atomic mass is 35.5. The molecule has 0 saturated heterocycles. The average molecular weight is 595 g/mol. The van der Waals surface area contributed by atoms with Crippen LogP contribution in [0.3, 0.4) is 0 Å². The molecule has 2 aromatic carbocycles. The Bertz CT molecular complexity index is 1470. The molecule has 2 N–H and O–H groups in total. The van der Waals surface area contributed by atoms with Crippen molar-refractivity contribution in [3.8, 4) is 5.75 Å². The topological polar surface area (TPSA) is 84.3 Å². The number of benzene rings is 2. The number of halogens is 1. The number of carbonyl (C=O) groups is 1. The number of aryl methyl sites for hydroxylation is 3. The summed E-state index contributed by atoms with van der Waals surface area (Å²) in [6, 6.07) is 14.3. The van der Waals surface area contributed by atoms with Crippen LogP contribution < -0.4 is 10.5 Å². The van der Waals surface area contributed by atoms with Crippen LogP contribution in [0.15, 0.2) is 61.2 Å². The molecule has 2 heterocycles. The van der Waals surface area contributed by atoms with Crippen LogP contribution in [-0.2, 0) is 24.3 Å². The van der Waals surface area contributed by atoms with Crippen molar-refractivity contribution in [3.05, 3.63) is 83.0 Å². The number of rotatable bonds is 13. The van der Waals surface area contributed by atoms with Crippen LogP contribution in [0, 0.1) is 0 Å². The minimum atomic E-state index is -1.96. The van der Waals surface area contributed by atoms with E-state index >= 15 is 0 Å². The van der Waals surface area contributed by atoms with Crippen molar-refractivity contribution in [1.82, 2.24) is 14.1 Å². The summed E-state index contributed by atoms with van der Waals surface area (Å²) < 4.78 is 16.9. The lowest BCUT2D eigenvalue weighted by Gasteiger charge is -2.37. The number of imidazole rings is 1. The number of aromatic nitrogens is 3. The van der Waals surface area contributed by atoms with E-state index in [1.807, 2.05) is 22.8 Å². The number of nitrogens with two attached hydrogens (primary N) is 1. The van der Waals surface area contributed by atoms with E-state index in [9.17, 15) is 4.79 Å². The third kappa shape index (κ3) is 7.81. The number of hydrogen-bond donors (Lipinski definition) is 1. The van der Waals surface area contributed by atoms with Crippen molar-refractivity contribution in [2.75, 3.05) is 13.2 Å². The van der Waals surface area contributed by atoms with Crippen LogP contribution >= 0.6 is 11.6 Å². The van der Waals surface area contributed by atoms with Gasteiger partial charge in [0.1, 0.15) is 11.4 Å². The van der Waals surface area contributed by atoms with Gasteiger partial charge in [0.2, 0.25) is 0 Å². The van der Waals surface area contributed by atoms with Crippen molar-refractivity contribution in [3.63, 3.8) is 0 Å². The Morgan fingerprint density at radius 1 is 1.10 bits per heavy atom. The number of nitrogens with zero attached hydrogens (tertiary/aromatic N) is 3. The van der Waals surface area contributed by atoms with Gasteiger partial charge in [0.05, 0.1) is 25.6 Å². The van der Waals surface area contributed by atoms with Crippen molar-refractivity contribution >= 4 is 36.7 Å². The van der Waals surface area contributed by atoms with Gasteiger partial charge in [-0.2, -0.15) is 0 Å². The zero-order valence-electron chi connectivity index (χ0n) is 25.1. The van der Waals surface area contributed by atoms with Crippen molar-refractivity contribution in [1.29, 1.82) is 0 Å². The molecule has 0 radical (unpaired) electrons. The summed E-state index contributed by atoms with van der Waals surface area (Å²) >= 11 is 6.00. The van der Waals surface area contributed by atoms with Crippen LogP contribution in [0.4, 0.5) is 0 Å². The van der Waals surface area contributed by atoms with E-state index in [1.54, 1.807) is 12.5 Å². The molecule has 1 amide bonds. The summed E-state index contributed by atoms with van der Waals surface area (Å²) in [7, 11) is 0.112. The van der Waals surface area contributed by atoms with Gasteiger partial charge in [-0.05, 0) is 85.3 Å². The van der Waals surface area contributed by atoms with Gasteiger partial charge in [-0.3, -0.25) is 4.79 Å². The van der Waals surface area contributed by atoms with E-state index in [0.29, 0.717) is 13.2 Å². The molecule has 1 atom stereocenters. The summed E-state index contributed by atoms with van der Waals surface area (Å²) in [4.78, 5) is 16.0. The first-order valence-electron chi connectivity index (χ1n) is 14.3. The minimum absolute atomic E-state index is 0.0206. The van der Waals surface area contributed by atoms with Crippen LogP contribution in [0.2, 0.25) is 23.2 Å². The maximum absolute atomic E-state index is 11.7. The molecule has 4 rings (SSSR count). The fourth-order valence-corrected chi connectivity index (χ4v) is 5.85. The van der Waals surface area contributed by atoms with Gasteiger partial charge < -0.3 is 24.0 Å². The Kier molecular flexibility index (Phi) is 9.67. The van der Waals surface area contributed by atoms with Crippen molar-refractivity contribution in [2.24, 2.45) is 12.8 Å². The highest BCUT2D eigenvalue weighted by molar-refractivity contribution is 6.74. The lowest BCUT2D eigenvalue weighted by atomic mass is 10.0. The molecular formula is C32H43ClN4O3Si. The van der Waals surface area contributed by atoms with E-state index < -0.39 is 14.2 Å². The minimum Gasteiger partial charge on any atom is -0.494 e. The van der Waals surface area contributed by atoms with E-state index in [-0.39, 0.29) is 16.8 Å². The number of primary amides is 1. The van der Waals surface area contributed by atoms with E-state index in [2.05, 4.69) is 80.9 Å². The molecule has 7 nitrogen and oxygen atoms in total. The summed E-state index contributed by atoms with van der Waals surface area (Å²) in [5, 5.41) is 2.05. The first-order valence-corrected chi connectivity index (χ1v) is 17.5. The molecule has 0 saturated carbocycles. The highest BCUT2D eigenvalue weighted by Gasteiger charge is 2.37. The van der Waals surface area contributed by atoms with E-state index in [4.69, 9.17) is 26.5 Å². The molecule has 2 aromatic heterocycles. The molecule has 0 fully saturated rings. The molecule has 220 valence electrons. The van der Waals surface area contributed by atoms with Crippen LogP contribution in [-0.4, -0.2) is 41.6 Å². The van der Waals surface area contributed by atoms with Gasteiger partial charge >= 0.3 is 0 Å². The molecule has 0 bridgehead atoms. The zero-order valence-corrected chi connectivity index (χ0v) is 26.9. The normalized spacial score (nSPS) is 13.0. The summed E-state index contributed by atoms with van der Waals surface area (Å²) in [6.45, 7) is 12.4. The maximum atomic E-state index is 11.7. The van der Waals surface area contributed by atoms with Gasteiger partial charge in [-0.1, -0.05) is 44.5 Å². The van der Waals surface area contributed by atoms with Gasteiger partial charge in [0.25, 0.3) is 5.91 Å². The first-order chi connectivity index (χ1) is 19.3. The number of fused-ring (bicyclic) bond motifs is 1. The Labute approximate surface area is 249 Å². The number of ether oxygens (including phenoxy) is 1. The zero-order chi connectivity index (χ0) is 29.8. The molecule has 9 heteroatoms. The quantitative estimate of drug-likeness (QED) is 0.130. The van der Waals surface area contributed by atoms with Crippen LogP contribution in [0.1, 0.15) is 61.3 Å². The van der Waals surface area contributed by atoms with Crippen molar-refractivity contribution in [2.45, 2.75) is 70.6 Å². The third-order valence-corrected chi connectivity index (χ3v) is 13.1. The summed E-state index contributed by atoms with van der Waals surface area (Å²) in [5.41, 5.74) is 9.44. The fraction of sp³-hybridized carbons (Fsp3) is 0.438. The second-order valence-electron chi connectivity index (χ2n) is 12.4. The second kappa shape index (κ2) is 12.8. The molecule has 0 spiro atoms. The molecule has 0 aliphatic rings. The fourth-order valence-electron chi connectivity index (χ4n) is 4.68. The SMILES string of the molecule is Cn1cc(CCC(CO[Si](C)(C)C(C)(C)C)n2cnc(C(N)=O)c2)c2cc(OCCCc3ccc(Cl)cc3)ccc21.